The average molecular weight is 556 g/mol. The number of Topliss-reactive ketones (excluding diaryl/α,β-unsaturated/α-hetero) is 1. The lowest BCUT2D eigenvalue weighted by Crippen LogP contribution is -2.44. The number of hydrogen-bond acceptors (Lipinski definition) is 10. The second-order valence-electron chi connectivity index (χ2n) is 10.0. The highest BCUT2D eigenvalue weighted by Gasteiger charge is 2.72. The maximum atomic E-state index is 13.5. The van der Waals surface area contributed by atoms with Crippen LogP contribution in [0.3, 0.4) is 0 Å². The van der Waals surface area contributed by atoms with Crippen molar-refractivity contribution in [2.75, 3.05) is 34.4 Å². The van der Waals surface area contributed by atoms with Crippen LogP contribution in [0, 0.1) is 11.8 Å². The van der Waals surface area contributed by atoms with Crippen LogP contribution in [0.25, 0.3) is 11.3 Å². The van der Waals surface area contributed by atoms with Gasteiger partial charge in [-0.3, -0.25) is 23.5 Å². The molecule has 3 aromatic heterocycles. The van der Waals surface area contributed by atoms with Crippen LogP contribution in [0.5, 0.6) is 0 Å². The fraction of sp³-hybridized carbons (Fsp3) is 0.400. The lowest BCUT2D eigenvalue weighted by atomic mass is 10.2. The summed E-state index contributed by atoms with van der Waals surface area (Å²) in [4.78, 5) is 64.4. The minimum atomic E-state index is -2.58. The van der Waals surface area contributed by atoms with Crippen molar-refractivity contribution in [3.05, 3.63) is 51.4 Å². The maximum absolute atomic E-state index is 13.5. The molecule has 3 aromatic rings. The first-order valence-corrected chi connectivity index (χ1v) is 12.5. The van der Waals surface area contributed by atoms with Crippen LogP contribution >= 0.6 is 0 Å². The molecule has 4 heterocycles. The van der Waals surface area contributed by atoms with Crippen LogP contribution < -0.4 is 32.5 Å². The summed E-state index contributed by atoms with van der Waals surface area (Å²) >= 11 is 0. The van der Waals surface area contributed by atoms with Gasteiger partial charge < -0.3 is 21.3 Å². The molecule has 0 radical (unpaired) electrons. The number of nitrogen functional groups attached to an aromatic ring is 1. The number of aromatic nitrogens is 5. The van der Waals surface area contributed by atoms with E-state index in [1.165, 1.54) is 33.3 Å². The van der Waals surface area contributed by atoms with Gasteiger partial charge in [-0.25, -0.2) is 28.5 Å². The highest BCUT2D eigenvalue weighted by Crippen LogP contribution is 2.59. The van der Waals surface area contributed by atoms with E-state index >= 15 is 0 Å². The van der Waals surface area contributed by atoms with Gasteiger partial charge in [-0.1, -0.05) is 6.07 Å². The van der Waals surface area contributed by atoms with E-state index in [2.05, 4.69) is 25.6 Å². The van der Waals surface area contributed by atoms with Gasteiger partial charge in [0.2, 0.25) is 11.9 Å². The van der Waals surface area contributed by atoms with Crippen molar-refractivity contribution in [2.24, 2.45) is 18.9 Å². The molecule has 1 saturated carbocycles. The lowest BCUT2D eigenvalue weighted by Gasteiger charge is -2.19. The van der Waals surface area contributed by atoms with E-state index in [-0.39, 0.29) is 30.4 Å². The first-order chi connectivity index (χ1) is 18.9. The zero-order valence-electron chi connectivity index (χ0n) is 21.9. The Hall–Kier alpha value is -4.69. The molecule has 2 aliphatic rings. The third-order valence-corrected chi connectivity index (χ3v) is 7.15. The van der Waals surface area contributed by atoms with E-state index in [1.807, 2.05) is 0 Å². The molecule has 1 saturated heterocycles. The largest absolute Gasteiger partial charge is 0.383 e. The van der Waals surface area contributed by atoms with Gasteiger partial charge >= 0.3 is 5.69 Å². The Bertz CT molecular complexity index is 1610. The van der Waals surface area contributed by atoms with Gasteiger partial charge in [0, 0.05) is 38.1 Å². The predicted molar refractivity (Wildman–Crippen MR) is 142 cm³/mol. The maximum Gasteiger partial charge on any atom is 0.332 e. The quantitative estimate of drug-likeness (QED) is 0.360. The van der Waals surface area contributed by atoms with Crippen molar-refractivity contribution in [3.63, 3.8) is 0 Å². The number of halogens is 2. The van der Waals surface area contributed by atoms with Gasteiger partial charge in [0.15, 0.2) is 0 Å². The number of anilines is 4. The van der Waals surface area contributed by atoms with Crippen LogP contribution in [0.1, 0.15) is 13.8 Å². The van der Waals surface area contributed by atoms with Crippen molar-refractivity contribution in [1.29, 1.82) is 0 Å². The van der Waals surface area contributed by atoms with E-state index in [9.17, 15) is 28.0 Å². The Morgan fingerprint density at radius 3 is 2.45 bits per heavy atom. The van der Waals surface area contributed by atoms with Crippen molar-refractivity contribution >= 4 is 35.0 Å². The summed E-state index contributed by atoms with van der Waals surface area (Å²) in [7, 11) is 1.35. The summed E-state index contributed by atoms with van der Waals surface area (Å²) in [6, 6.07) is 3.96. The van der Waals surface area contributed by atoms with Crippen molar-refractivity contribution in [2.45, 2.75) is 32.4 Å². The van der Waals surface area contributed by atoms with Crippen LogP contribution in [-0.2, 0) is 23.2 Å². The van der Waals surface area contributed by atoms with Gasteiger partial charge in [0.1, 0.15) is 29.1 Å². The second kappa shape index (κ2) is 9.81. The number of fused-ring (bicyclic) bond motifs is 1. The number of rotatable bonds is 8. The summed E-state index contributed by atoms with van der Waals surface area (Å²) in [6.07, 6.45) is 3.08. The Labute approximate surface area is 226 Å². The molecule has 1 aliphatic carbocycles. The van der Waals surface area contributed by atoms with E-state index in [0.29, 0.717) is 17.2 Å². The van der Waals surface area contributed by atoms with E-state index in [0.717, 1.165) is 9.13 Å². The molecule has 1 aliphatic heterocycles. The van der Waals surface area contributed by atoms with E-state index in [4.69, 9.17) is 5.73 Å². The molecule has 15 heteroatoms. The minimum Gasteiger partial charge on any atom is -0.383 e. The van der Waals surface area contributed by atoms with Crippen molar-refractivity contribution in [1.82, 2.24) is 24.1 Å². The SMILES string of the molecule is CC(=O)Cn1c(=O)c(N[C@@H](C)C(=O)Nc2cccc(-c3cnc(N4CC5C(C4)C5(F)F)nc3)n2)c(N)n(C)c1=O. The van der Waals surface area contributed by atoms with Crippen LogP contribution in [0.2, 0.25) is 0 Å². The predicted octanol–water partition coefficient (Wildman–Crippen LogP) is 0.711. The first kappa shape index (κ1) is 26.9. The van der Waals surface area contributed by atoms with Gasteiger partial charge in [-0.05, 0) is 26.0 Å². The number of pyridine rings is 1. The first-order valence-electron chi connectivity index (χ1n) is 12.5. The molecule has 0 aromatic carbocycles. The Morgan fingerprint density at radius 2 is 1.82 bits per heavy atom. The zero-order valence-corrected chi connectivity index (χ0v) is 21.9. The lowest BCUT2D eigenvalue weighted by molar-refractivity contribution is -0.118. The zero-order chi connectivity index (χ0) is 28.9. The number of hydrogen-bond donors (Lipinski definition) is 3. The smallest absolute Gasteiger partial charge is 0.332 e. The van der Waals surface area contributed by atoms with E-state index < -0.39 is 53.3 Å². The molecule has 5 rings (SSSR count). The molecule has 2 unspecified atom stereocenters. The normalized spacial score (nSPS) is 19.6. The highest BCUT2D eigenvalue weighted by molar-refractivity contribution is 5.96. The number of nitrogens with zero attached hydrogens (tertiary/aromatic N) is 6. The number of carbonyl (C=O) groups is 2. The molecular weight excluding hydrogens is 528 g/mol. The molecule has 2 fully saturated rings. The Balaban J connectivity index is 1.27. The monoisotopic (exact) mass is 555 g/mol. The average Bonchev–Trinajstić information content (AvgIpc) is 3.23. The van der Waals surface area contributed by atoms with Gasteiger partial charge in [0.05, 0.1) is 24.1 Å². The molecule has 210 valence electrons. The Kier molecular flexibility index (Phi) is 6.59. The van der Waals surface area contributed by atoms with Crippen molar-refractivity contribution < 1.29 is 18.4 Å². The third-order valence-electron chi connectivity index (χ3n) is 7.15. The number of alkyl halides is 2. The minimum absolute atomic E-state index is 0.183. The number of nitrogens with one attached hydrogen (secondary N) is 2. The second-order valence-corrected chi connectivity index (χ2v) is 10.0. The number of amides is 1. The third kappa shape index (κ3) is 4.78. The molecule has 0 bridgehead atoms. The standard InChI is InChI=1S/C25H27F2N9O4/c1-12(37)9-36-22(39)19(20(28)34(3)24(36)40)31-13(2)21(38)33-18-6-4-5-17(32-18)14-7-29-23(30-8-14)35-10-15-16(11-35)25(15,26)27/h4-8,13,15-16,31H,9-11,28H2,1-3H3,(H,32,33,38)/t13-,15?,16?/m0/s1. The fourth-order valence-corrected chi connectivity index (χ4v) is 4.75. The molecule has 0 spiro atoms. The summed E-state index contributed by atoms with van der Waals surface area (Å²) < 4.78 is 28.7. The highest BCUT2D eigenvalue weighted by atomic mass is 19.3. The fourth-order valence-electron chi connectivity index (χ4n) is 4.75. The summed E-state index contributed by atoms with van der Waals surface area (Å²) in [6.45, 7) is 2.74. The van der Waals surface area contributed by atoms with Gasteiger partial charge in [0.25, 0.3) is 11.5 Å². The van der Waals surface area contributed by atoms with E-state index in [1.54, 1.807) is 23.1 Å². The molecule has 13 nitrogen and oxygen atoms in total. The van der Waals surface area contributed by atoms with Gasteiger partial charge in [-0.15, -0.1) is 0 Å². The summed E-state index contributed by atoms with van der Waals surface area (Å²) in [5, 5.41) is 5.38. The molecular formula is C25H27F2N9O4. The molecule has 40 heavy (non-hydrogen) atoms. The van der Waals surface area contributed by atoms with Gasteiger partial charge in [-0.2, -0.15) is 0 Å². The number of ketones is 1. The summed E-state index contributed by atoms with van der Waals surface area (Å²) in [5.41, 5.74) is 5.21. The van der Waals surface area contributed by atoms with Crippen molar-refractivity contribution in [3.8, 4) is 11.3 Å². The number of carbonyl (C=O) groups excluding carboxylic acids is 2. The molecule has 4 N–H and O–H groups in total. The Morgan fingerprint density at radius 1 is 1.18 bits per heavy atom. The number of piperidine rings is 1. The molecule has 3 atom stereocenters. The number of nitrogens with two attached hydrogens (primary N) is 1. The topological polar surface area (TPSA) is 170 Å². The molecule has 1 amide bonds. The van der Waals surface area contributed by atoms with Crippen LogP contribution in [0.15, 0.2) is 40.2 Å². The summed E-state index contributed by atoms with van der Waals surface area (Å²) in [5.74, 6) is -4.41. The van der Waals surface area contributed by atoms with Crippen LogP contribution in [0.4, 0.5) is 32.1 Å². The van der Waals surface area contributed by atoms with Crippen LogP contribution in [-0.4, -0.2) is 60.8 Å².